The van der Waals surface area contributed by atoms with Crippen molar-refractivity contribution in [2.45, 2.75) is 50.7 Å². The second-order valence-corrected chi connectivity index (χ2v) is 5.08. The zero-order valence-electron chi connectivity index (χ0n) is 10.6. The Bertz CT molecular complexity index is 435. The summed E-state index contributed by atoms with van der Waals surface area (Å²) in [5.74, 6) is -0.188. The maximum absolute atomic E-state index is 12.1. The molecule has 1 aromatic rings. The smallest absolute Gasteiger partial charge is 0.329 e. The molecule has 0 radical (unpaired) electrons. The predicted octanol–water partition coefficient (Wildman–Crippen LogP) is 1.57. The number of nitrogens with zero attached hydrogens (tertiary/aromatic N) is 2. The highest BCUT2D eigenvalue weighted by atomic mass is 16.5. The van der Waals surface area contributed by atoms with Crippen LogP contribution in [-0.4, -0.2) is 28.2 Å². The molecule has 0 bridgehead atoms. The van der Waals surface area contributed by atoms with Crippen molar-refractivity contribution in [1.29, 1.82) is 0 Å². The Labute approximate surface area is 107 Å². The molecule has 0 saturated heterocycles. The molecular weight excluding hydrogens is 230 g/mol. The first kappa shape index (κ1) is 11.7. The molecule has 2 aliphatic rings. The second-order valence-electron chi connectivity index (χ2n) is 5.08. The van der Waals surface area contributed by atoms with Crippen LogP contribution in [0.25, 0.3) is 0 Å². The van der Waals surface area contributed by atoms with E-state index in [4.69, 9.17) is 4.74 Å². The van der Waals surface area contributed by atoms with Gasteiger partial charge in [0.1, 0.15) is 6.04 Å². The summed E-state index contributed by atoms with van der Waals surface area (Å²) in [5, 5.41) is 3.37. The van der Waals surface area contributed by atoms with Gasteiger partial charge in [0.2, 0.25) is 0 Å². The van der Waals surface area contributed by atoms with E-state index >= 15 is 0 Å². The molecule has 0 amide bonds. The van der Waals surface area contributed by atoms with Gasteiger partial charge in [0.15, 0.2) is 0 Å². The Morgan fingerprint density at radius 3 is 2.94 bits per heavy atom. The van der Waals surface area contributed by atoms with Gasteiger partial charge in [-0.2, -0.15) is 0 Å². The third-order valence-electron chi connectivity index (χ3n) is 3.43. The lowest BCUT2D eigenvalue weighted by atomic mass is 10.2. The highest BCUT2D eigenvalue weighted by Crippen LogP contribution is 2.37. The number of carbonyl (C=O) groups is 1. The molecule has 1 atom stereocenters. The number of carbonyl (C=O) groups excluding carboxylic acids is 1. The van der Waals surface area contributed by atoms with Gasteiger partial charge in [-0.15, -0.1) is 0 Å². The van der Waals surface area contributed by atoms with Crippen LogP contribution >= 0.6 is 0 Å². The molecule has 2 saturated carbocycles. The topological polar surface area (TPSA) is 56.1 Å². The Hall–Kier alpha value is -1.36. The lowest BCUT2D eigenvalue weighted by molar-refractivity contribution is -0.146. The summed E-state index contributed by atoms with van der Waals surface area (Å²) in [5.41, 5.74) is 0.947. The Balaban J connectivity index is 1.81. The molecule has 1 aromatic heterocycles. The number of rotatable bonds is 6. The molecular formula is C13H19N3O2. The van der Waals surface area contributed by atoms with E-state index < -0.39 is 0 Å². The highest BCUT2D eigenvalue weighted by molar-refractivity contribution is 5.77. The van der Waals surface area contributed by atoms with Crippen LogP contribution in [0, 0.1) is 0 Å². The van der Waals surface area contributed by atoms with Gasteiger partial charge < -0.3 is 9.30 Å². The molecule has 0 spiro atoms. The van der Waals surface area contributed by atoms with Crippen molar-refractivity contribution in [2.75, 3.05) is 6.61 Å². The minimum absolute atomic E-state index is 0.188. The van der Waals surface area contributed by atoms with E-state index in [1.807, 2.05) is 13.3 Å². The fraction of sp³-hybridized carbons (Fsp3) is 0.692. The normalized spacial score (nSPS) is 20.7. The van der Waals surface area contributed by atoms with Crippen molar-refractivity contribution in [3.8, 4) is 0 Å². The summed E-state index contributed by atoms with van der Waals surface area (Å²) in [6, 6.07) is 0.628. The van der Waals surface area contributed by atoms with Crippen LogP contribution in [0.15, 0.2) is 12.5 Å². The minimum atomic E-state index is -0.361. The molecule has 5 heteroatoms. The van der Waals surface area contributed by atoms with Gasteiger partial charge >= 0.3 is 5.97 Å². The zero-order chi connectivity index (χ0) is 12.5. The number of hydrogen-bond acceptors (Lipinski definition) is 4. The van der Waals surface area contributed by atoms with Crippen molar-refractivity contribution in [3.63, 3.8) is 0 Å². The summed E-state index contributed by atoms with van der Waals surface area (Å²) in [4.78, 5) is 16.3. The number of esters is 1. The van der Waals surface area contributed by atoms with Gasteiger partial charge in [0, 0.05) is 12.1 Å². The monoisotopic (exact) mass is 249 g/mol. The van der Waals surface area contributed by atoms with Crippen molar-refractivity contribution in [3.05, 3.63) is 18.2 Å². The molecule has 0 aromatic carbocycles. The molecule has 2 fully saturated rings. The predicted molar refractivity (Wildman–Crippen MR) is 66.0 cm³/mol. The number of nitrogens with one attached hydrogen (secondary N) is 1. The molecule has 0 aliphatic heterocycles. The number of aromatic nitrogens is 2. The van der Waals surface area contributed by atoms with Gasteiger partial charge in [-0.25, -0.2) is 9.78 Å². The van der Waals surface area contributed by atoms with Crippen LogP contribution in [0.5, 0.6) is 0 Å². The molecule has 18 heavy (non-hydrogen) atoms. The van der Waals surface area contributed by atoms with Gasteiger partial charge in [-0.05, 0) is 32.6 Å². The average Bonchev–Trinajstić information content (AvgIpc) is 3.28. The van der Waals surface area contributed by atoms with Gasteiger partial charge in [-0.3, -0.25) is 5.32 Å². The minimum Gasteiger partial charge on any atom is -0.465 e. The van der Waals surface area contributed by atoms with Crippen LogP contribution in [0.1, 0.15) is 50.4 Å². The molecule has 1 heterocycles. The van der Waals surface area contributed by atoms with E-state index in [9.17, 15) is 4.79 Å². The Kier molecular flexibility index (Phi) is 3.07. The SMILES string of the molecule is CCOC(=O)C(NC1CC1)c1cncn1C1CC1. The van der Waals surface area contributed by atoms with Gasteiger partial charge in [0.25, 0.3) is 0 Å². The molecule has 3 rings (SSSR count). The first-order valence-electron chi connectivity index (χ1n) is 6.74. The number of ether oxygens (including phenoxy) is 1. The Morgan fingerprint density at radius 1 is 1.56 bits per heavy atom. The first-order valence-corrected chi connectivity index (χ1v) is 6.74. The molecule has 1 N–H and O–H groups in total. The number of hydrogen-bond donors (Lipinski definition) is 1. The maximum atomic E-state index is 12.1. The van der Waals surface area contributed by atoms with Crippen LogP contribution < -0.4 is 5.32 Å². The maximum Gasteiger partial charge on any atom is 0.329 e. The fourth-order valence-corrected chi connectivity index (χ4v) is 2.18. The van der Waals surface area contributed by atoms with Gasteiger partial charge in [0.05, 0.1) is 24.8 Å². The fourth-order valence-electron chi connectivity index (χ4n) is 2.18. The van der Waals surface area contributed by atoms with E-state index in [1.165, 1.54) is 12.8 Å². The lowest BCUT2D eigenvalue weighted by Crippen LogP contribution is -2.33. The van der Waals surface area contributed by atoms with E-state index in [0.717, 1.165) is 18.5 Å². The van der Waals surface area contributed by atoms with E-state index in [-0.39, 0.29) is 12.0 Å². The average molecular weight is 249 g/mol. The summed E-state index contributed by atoms with van der Waals surface area (Å²) in [7, 11) is 0. The summed E-state index contributed by atoms with van der Waals surface area (Å²) in [6.07, 6.45) is 8.27. The van der Waals surface area contributed by atoms with Crippen molar-refractivity contribution >= 4 is 5.97 Å². The summed E-state index contributed by atoms with van der Waals surface area (Å²) >= 11 is 0. The Morgan fingerprint density at radius 2 is 2.33 bits per heavy atom. The van der Waals surface area contributed by atoms with Crippen molar-refractivity contribution in [1.82, 2.24) is 14.9 Å². The van der Waals surface area contributed by atoms with Gasteiger partial charge in [-0.1, -0.05) is 0 Å². The lowest BCUT2D eigenvalue weighted by Gasteiger charge is -2.18. The second kappa shape index (κ2) is 4.72. The van der Waals surface area contributed by atoms with E-state index in [0.29, 0.717) is 18.7 Å². The third kappa shape index (κ3) is 2.41. The highest BCUT2D eigenvalue weighted by Gasteiger charge is 2.35. The van der Waals surface area contributed by atoms with Crippen LogP contribution in [-0.2, 0) is 9.53 Å². The zero-order valence-corrected chi connectivity index (χ0v) is 10.6. The van der Waals surface area contributed by atoms with Crippen molar-refractivity contribution in [2.24, 2.45) is 0 Å². The van der Waals surface area contributed by atoms with Crippen molar-refractivity contribution < 1.29 is 9.53 Å². The van der Waals surface area contributed by atoms with Crippen LogP contribution in [0.4, 0.5) is 0 Å². The van der Waals surface area contributed by atoms with Crippen LogP contribution in [0.3, 0.4) is 0 Å². The molecule has 1 unspecified atom stereocenters. The third-order valence-corrected chi connectivity index (χ3v) is 3.43. The first-order chi connectivity index (χ1) is 8.79. The molecule has 98 valence electrons. The number of imidazole rings is 1. The summed E-state index contributed by atoms with van der Waals surface area (Å²) < 4.78 is 7.29. The quantitative estimate of drug-likeness (QED) is 0.778. The van der Waals surface area contributed by atoms with E-state index in [1.54, 1.807) is 6.20 Å². The molecule has 5 nitrogen and oxygen atoms in total. The standard InChI is InChI=1S/C13H19N3O2/c1-2-18-13(17)12(15-9-3-4-9)11-7-14-8-16(11)10-5-6-10/h7-10,12,15H,2-6H2,1H3. The van der Waals surface area contributed by atoms with E-state index in [2.05, 4.69) is 14.9 Å². The van der Waals surface area contributed by atoms with Crippen LogP contribution in [0.2, 0.25) is 0 Å². The molecule has 2 aliphatic carbocycles. The summed E-state index contributed by atoms with van der Waals surface area (Å²) in [6.45, 7) is 2.25. The largest absolute Gasteiger partial charge is 0.465 e.